The number of aryl methyl sites for hydroxylation is 2. The van der Waals surface area contributed by atoms with Crippen molar-refractivity contribution in [1.29, 1.82) is 0 Å². The molecule has 1 saturated heterocycles. The van der Waals surface area contributed by atoms with Crippen molar-refractivity contribution in [2.45, 2.75) is 25.2 Å². The zero-order valence-corrected chi connectivity index (χ0v) is 21.3. The lowest BCUT2D eigenvalue weighted by Crippen LogP contribution is -2.37. The molecule has 1 aromatic heterocycles. The molecule has 2 aromatic rings. The van der Waals surface area contributed by atoms with Crippen LogP contribution in [0.1, 0.15) is 23.4 Å². The number of nitrogens with zero attached hydrogens (tertiary/aromatic N) is 4. The molecule has 0 atom stereocenters. The first-order valence-electron chi connectivity index (χ1n) is 10.9. The van der Waals surface area contributed by atoms with Crippen molar-refractivity contribution in [3.63, 3.8) is 0 Å². The van der Waals surface area contributed by atoms with Gasteiger partial charge in [0.2, 0.25) is 21.7 Å². The van der Waals surface area contributed by atoms with Crippen LogP contribution < -0.4 is 14.2 Å². The van der Waals surface area contributed by atoms with Gasteiger partial charge in [-0.15, -0.1) is 0 Å². The summed E-state index contributed by atoms with van der Waals surface area (Å²) in [4.78, 5) is 14.8. The van der Waals surface area contributed by atoms with Crippen LogP contribution in [-0.2, 0) is 21.9 Å². The van der Waals surface area contributed by atoms with Crippen LogP contribution in [0.3, 0.4) is 0 Å². The molecular weight excluding hydrogens is 460 g/mol. The maximum atomic E-state index is 13.3. The number of hydrogen-bond donors (Lipinski definition) is 0. The van der Waals surface area contributed by atoms with Crippen molar-refractivity contribution >= 4 is 22.0 Å². The molecule has 1 amide bonds. The van der Waals surface area contributed by atoms with E-state index >= 15 is 0 Å². The molecule has 3 rings (SSSR count). The molecule has 0 unspecified atom stereocenters. The van der Waals surface area contributed by atoms with Gasteiger partial charge in [-0.3, -0.25) is 9.48 Å². The number of ether oxygens (including phenoxy) is 3. The van der Waals surface area contributed by atoms with Gasteiger partial charge in [0.15, 0.2) is 11.5 Å². The number of aromatic nitrogens is 2. The van der Waals surface area contributed by atoms with E-state index in [1.165, 1.54) is 31.7 Å². The van der Waals surface area contributed by atoms with E-state index in [1.54, 1.807) is 48.7 Å². The number of hydrogen-bond acceptors (Lipinski definition) is 7. The zero-order valence-electron chi connectivity index (χ0n) is 20.5. The molecule has 1 aliphatic heterocycles. The fourth-order valence-corrected chi connectivity index (χ4v) is 5.95. The summed E-state index contributed by atoms with van der Waals surface area (Å²) < 4.78 is 45.6. The summed E-state index contributed by atoms with van der Waals surface area (Å²) in [6, 6.07) is 3.50. The van der Waals surface area contributed by atoms with Crippen LogP contribution in [-0.4, -0.2) is 80.8 Å². The summed E-state index contributed by atoms with van der Waals surface area (Å²) in [6.45, 7) is 4.78. The second-order valence-electron chi connectivity index (χ2n) is 8.00. The molecule has 0 radical (unpaired) electrons. The monoisotopic (exact) mass is 492 g/mol. The minimum absolute atomic E-state index is 0.193. The van der Waals surface area contributed by atoms with Gasteiger partial charge in [-0.1, -0.05) is 0 Å². The van der Waals surface area contributed by atoms with Gasteiger partial charge in [0.05, 0.1) is 32.7 Å². The number of carbonyl (C=O) groups is 1. The van der Waals surface area contributed by atoms with E-state index < -0.39 is 10.0 Å². The Morgan fingerprint density at radius 1 is 1.00 bits per heavy atom. The molecule has 2 heterocycles. The number of rotatable bonds is 7. The maximum Gasteiger partial charge on any atom is 0.246 e. The normalized spacial score (nSPS) is 15.4. The summed E-state index contributed by atoms with van der Waals surface area (Å²) in [5.41, 5.74) is 1.79. The van der Waals surface area contributed by atoms with Gasteiger partial charge in [-0.25, -0.2) is 8.42 Å². The Bertz CT molecular complexity index is 1160. The van der Waals surface area contributed by atoms with Gasteiger partial charge in [0.1, 0.15) is 4.90 Å². The Hall–Kier alpha value is -3.05. The minimum Gasteiger partial charge on any atom is -0.493 e. The van der Waals surface area contributed by atoms with Crippen molar-refractivity contribution in [3.05, 3.63) is 35.2 Å². The number of carbonyl (C=O) groups excluding carboxylic acids is 1. The molecule has 0 aliphatic carbocycles. The zero-order chi connectivity index (χ0) is 25.0. The lowest BCUT2D eigenvalue weighted by Gasteiger charge is -2.21. The van der Waals surface area contributed by atoms with Crippen molar-refractivity contribution in [2.24, 2.45) is 7.05 Å². The van der Waals surface area contributed by atoms with Gasteiger partial charge in [-0.05, 0) is 44.0 Å². The van der Waals surface area contributed by atoms with Crippen molar-refractivity contribution in [2.75, 3.05) is 47.5 Å². The second-order valence-corrected chi connectivity index (χ2v) is 9.87. The number of amides is 1. The summed E-state index contributed by atoms with van der Waals surface area (Å²) >= 11 is 0. The van der Waals surface area contributed by atoms with Gasteiger partial charge in [0, 0.05) is 39.3 Å². The van der Waals surface area contributed by atoms with Crippen LogP contribution in [0.15, 0.2) is 23.1 Å². The molecule has 1 aromatic carbocycles. The summed E-state index contributed by atoms with van der Waals surface area (Å²) in [5, 5.41) is 4.24. The molecule has 186 valence electrons. The number of sulfonamides is 1. The number of methoxy groups -OCH3 is 3. The molecule has 10 nitrogen and oxygen atoms in total. The fourth-order valence-electron chi connectivity index (χ4n) is 4.08. The van der Waals surface area contributed by atoms with E-state index in [0.717, 1.165) is 0 Å². The van der Waals surface area contributed by atoms with E-state index in [1.807, 2.05) is 0 Å². The lowest BCUT2D eigenvalue weighted by molar-refractivity contribution is -0.125. The van der Waals surface area contributed by atoms with Crippen molar-refractivity contribution in [1.82, 2.24) is 19.0 Å². The number of benzene rings is 1. The van der Waals surface area contributed by atoms with Crippen LogP contribution in [0.2, 0.25) is 0 Å². The van der Waals surface area contributed by atoms with E-state index in [0.29, 0.717) is 60.3 Å². The summed E-state index contributed by atoms with van der Waals surface area (Å²) in [7, 11) is 2.61. The summed E-state index contributed by atoms with van der Waals surface area (Å²) in [6.07, 6.45) is 3.69. The quantitative estimate of drug-likeness (QED) is 0.545. The highest BCUT2D eigenvalue weighted by molar-refractivity contribution is 7.89. The SMILES string of the molecule is COc1cc(/C=C/C(=O)N2CCCN(S(=O)(=O)c3c(C)nn(C)c3C)CC2)cc(OC)c1OC. The average molecular weight is 493 g/mol. The minimum atomic E-state index is -3.70. The first-order chi connectivity index (χ1) is 16.1. The highest BCUT2D eigenvalue weighted by Gasteiger charge is 2.32. The van der Waals surface area contributed by atoms with Gasteiger partial charge < -0.3 is 19.1 Å². The molecule has 0 N–H and O–H groups in total. The molecule has 11 heteroatoms. The van der Waals surface area contributed by atoms with Crippen LogP contribution in [0.5, 0.6) is 17.2 Å². The third kappa shape index (κ3) is 5.05. The smallest absolute Gasteiger partial charge is 0.246 e. The highest BCUT2D eigenvalue weighted by atomic mass is 32.2. The molecule has 0 saturated carbocycles. The van der Waals surface area contributed by atoms with Gasteiger partial charge in [-0.2, -0.15) is 9.40 Å². The standard InChI is InChI=1S/C23H32N4O6S/c1-16-23(17(2)25(3)24-16)34(29,30)27-11-7-10-26(12-13-27)21(28)9-8-18-14-19(31-4)22(33-6)20(15-18)32-5/h8-9,14-15H,7,10-13H2,1-6H3/b9-8+. The van der Waals surface area contributed by atoms with Crippen molar-refractivity contribution < 1.29 is 27.4 Å². The Balaban J connectivity index is 1.73. The predicted molar refractivity (Wildman–Crippen MR) is 128 cm³/mol. The fraction of sp³-hybridized carbons (Fsp3) is 0.478. The molecule has 0 spiro atoms. The Kier molecular flexibility index (Phi) is 7.88. The van der Waals surface area contributed by atoms with E-state index in [2.05, 4.69) is 5.10 Å². The molecule has 0 bridgehead atoms. The molecule has 1 fully saturated rings. The van der Waals surface area contributed by atoms with E-state index in [9.17, 15) is 13.2 Å². The van der Waals surface area contributed by atoms with Crippen LogP contribution in [0, 0.1) is 13.8 Å². The second kappa shape index (κ2) is 10.5. The van der Waals surface area contributed by atoms with Crippen LogP contribution in [0.4, 0.5) is 0 Å². The largest absolute Gasteiger partial charge is 0.493 e. The molecular formula is C23H32N4O6S. The third-order valence-electron chi connectivity index (χ3n) is 5.91. The van der Waals surface area contributed by atoms with Crippen molar-refractivity contribution in [3.8, 4) is 17.2 Å². The summed E-state index contributed by atoms with van der Waals surface area (Å²) in [5.74, 6) is 1.26. The van der Waals surface area contributed by atoms with E-state index in [4.69, 9.17) is 14.2 Å². The van der Waals surface area contributed by atoms with Gasteiger partial charge in [0.25, 0.3) is 0 Å². The van der Waals surface area contributed by atoms with Crippen LogP contribution in [0.25, 0.3) is 6.08 Å². The maximum absolute atomic E-state index is 13.3. The molecule has 34 heavy (non-hydrogen) atoms. The topological polar surface area (TPSA) is 103 Å². The molecule has 1 aliphatic rings. The Morgan fingerprint density at radius 2 is 1.65 bits per heavy atom. The Labute approximate surface area is 200 Å². The van der Waals surface area contributed by atoms with Gasteiger partial charge >= 0.3 is 0 Å². The third-order valence-corrected chi connectivity index (χ3v) is 8.06. The average Bonchev–Trinajstić information content (AvgIpc) is 2.99. The first kappa shape index (κ1) is 25.6. The van der Waals surface area contributed by atoms with Crippen LogP contribution >= 0.6 is 0 Å². The predicted octanol–water partition coefficient (Wildman–Crippen LogP) is 2.00. The lowest BCUT2D eigenvalue weighted by atomic mass is 10.1. The highest BCUT2D eigenvalue weighted by Crippen LogP contribution is 2.38. The Morgan fingerprint density at radius 3 is 2.18 bits per heavy atom. The first-order valence-corrected chi connectivity index (χ1v) is 12.3. The van der Waals surface area contributed by atoms with E-state index in [-0.39, 0.29) is 17.3 Å².